The van der Waals surface area contributed by atoms with Gasteiger partial charge in [-0.15, -0.1) is 0 Å². The van der Waals surface area contributed by atoms with Crippen LogP contribution in [0.15, 0.2) is 45.6 Å². The molecule has 11 nitrogen and oxygen atoms in total. The minimum absolute atomic E-state index is 0.0331. The van der Waals surface area contributed by atoms with Crippen molar-refractivity contribution in [3.8, 4) is 11.5 Å². The van der Waals surface area contributed by atoms with Gasteiger partial charge in [-0.1, -0.05) is 29.8 Å². The van der Waals surface area contributed by atoms with Crippen LogP contribution in [-0.2, 0) is 20.6 Å². The zero-order valence-electron chi connectivity index (χ0n) is 22.2. The number of Topliss-reactive ketones (excluding diaryl/α,β-unsaturated/α-hetero) is 1. The second-order valence-corrected chi connectivity index (χ2v) is 10.0. The van der Waals surface area contributed by atoms with Crippen molar-refractivity contribution >= 4 is 22.8 Å². The number of fused-ring (bicyclic) bond motifs is 1. The molecule has 4 atom stereocenters. The third-order valence-electron chi connectivity index (χ3n) is 6.82. The first-order chi connectivity index (χ1) is 18.3. The Balaban J connectivity index is 1.65. The molecule has 1 fully saturated rings. The average Bonchev–Trinajstić information content (AvgIpc) is 2.86. The Hall–Kier alpha value is -3.93. The van der Waals surface area contributed by atoms with Gasteiger partial charge in [0.15, 0.2) is 18.0 Å². The first-order valence-electron chi connectivity index (χ1n) is 12.2. The molecule has 3 aromatic rings. The van der Waals surface area contributed by atoms with Gasteiger partial charge in [0, 0.05) is 24.7 Å². The summed E-state index contributed by atoms with van der Waals surface area (Å²) in [6.45, 7) is 6.83. The molecule has 0 radical (unpaired) electrons. The zero-order valence-corrected chi connectivity index (χ0v) is 22.2. The first-order valence-corrected chi connectivity index (χ1v) is 12.2. The summed E-state index contributed by atoms with van der Waals surface area (Å²) in [4.78, 5) is 37.0. The third kappa shape index (κ3) is 5.47. The number of benzene rings is 2. The monoisotopic (exact) mass is 541 g/mol. The van der Waals surface area contributed by atoms with E-state index in [1.54, 1.807) is 45.0 Å². The highest BCUT2D eigenvalue weighted by atomic mass is 16.7. The van der Waals surface area contributed by atoms with Gasteiger partial charge in [0.1, 0.15) is 23.2 Å². The van der Waals surface area contributed by atoms with Gasteiger partial charge >= 0.3 is 11.7 Å². The minimum Gasteiger partial charge on any atom is -0.507 e. The lowest BCUT2D eigenvalue weighted by Crippen LogP contribution is -2.65. The standard InChI is InChI=1S/C28H31NO10/c1-13-6-8-15(9-7-13)18(30)12-17-20(31)16-10-11-19(14(2)22(16)37-25(17)33)36-26-21(32)23(38-27(29)34)24(35-5)28(3,4)39-26/h6-11,21,23-24,26,31-32H,12H2,1-5H3,(H2,29,34)/t21-,23+,24-,26-/m1/s1. The molecule has 1 saturated heterocycles. The summed E-state index contributed by atoms with van der Waals surface area (Å²) in [6, 6.07) is 9.84. The number of aliphatic hydroxyl groups is 1. The normalized spacial score (nSPS) is 22.4. The van der Waals surface area contributed by atoms with Crippen molar-refractivity contribution in [3.63, 3.8) is 0 Å². The van der Waals surface area contributed by atoms with Crippen LogP contribution in [0.5, 0.6) is 11.5 Å². The summed E-state index contributed by atoms with van der Waals surface area (Å²) in [5.74, 6) is -0.548. The maximum atomic E-state index is 12.8. The van der Waals surface area contributed by atoms with E-state index < -0.39 is 41.9 Å². The number of hydrogen-bond acceptors (Lipinski definition) is 10. The Bertz CT molecular complexity index is 1460. The number of hydrogen-bond donors (Lipinski definition) is 3. The number of rotatable bonds is 7. The molecule has 1 amide bonds. The van der Waals surface area contributed by atoms with Gasteiger partial charge in [-0.25, -0.2) is 9.59 Å². The second kappa shape index (κ2) is 10.7. The van der Waals surface area contributed by atoms with E-state index in [1.807, 2.05) is 6.92 Å². The van der Waals surface area contributed by atoms with Crippen molar-refractivity contribution in [1.82, 2.24) is 0 Å². The number of aromatic hydroxyl groups is 1. The molecular weight excluding hydrogens is 510 g/mol. The fraction of sp³-hybridized carbons (Fsp3) is 0.393. The Labute approximate surface area is 224 Å². The molecule has 1 aliphatic heterocycles. The molecule has 1 aliphatic rings. The highest BCUT2D eigenvalue weighted by Gasteiger charge is 2.53. The molecule has 0 unspecified atom stereocenters. The van der Waals surface area contributed by atoms with Gasteiger partial charge in [0.25, 0.3) is 0 Å². The number of aryl methyl sites for hydroxylation is 2. The van der Waals surface area contributed by atoms with E-state index in [2.05, 4.69) is 0 Å². The molecule has 2 heterocycles. The van der Waals surface area contributed by atoms with Gasteiger partial charge in [-0.2, -0.15) is 0 Å². The number of carbonyl (C=O) groups excluding carboxylic acids is 2. The summed E-state index contributed by atoms with van der Waals surface area (Å²) >= 11 is 0. The predicted octanol–water partition coefficient (Wildman–Crippen LogP) is 2.89. The number of nitrogens with two attached hydrogens (primary N) is 1. The second-order valence-electron chi connectivity index (χ2n) is 10.0. The number of primary amides is 1. The number of aliphatic hydroxyl groups excluding tert-OH is 1. The Morgan fingerprint density at radius 2 is 1.77 bits per heavy atom. The number of carbonyl (C=O) groups is 2. The zero-order chi connectivity index (χ0) is 28.6. The van der Waals surface area contributed by atoms with Crippen LogP contribution in [0.4, 0.5) is 4.79 Å². The highest BCUT2D eigenvalue weighted by Crippen LogP contribution is 2.37. The highest BCUT2D eigenvalue weighted by molar-refractivity contribution is 5.99. The maximum Gasteiger partial charge on any atom is 0.404 e. The molecule has 2 aromatic carbocycles. The largest absolute Gasteiger partial charge is 0.507 e. The smallest absolute Gasteiger partial charge is 0.404 e. The third-order valence-corrected chi connectivity index (χ3v) is 6.82. The van der Waals surface area contributed by atoms with Gasteiger partial charge in [-0.05, 0) is 39.8 Å². The van der Waals surface area contributed by atoms with Crippen molar-refractivity contribution in [3.05, 3.63) is 69.1 Å². The van der Waals surface area contributed by atoms with E-state index in [9.17, 15) is 24.6 Å². The van der Waals surface area contributed by atoms with E-state index in [4.69, 9.17) is 29.1 Å². The SMILES string of the molecule is CO[C@@H]1[C@@H](OC(N)=O)[C@@H](O)[C@H](Oc2ccc3c(O)c(CC(=O)c4ccc(C)cc4)c(=O)oc3c2C)OC1(C)C. The number of ketones is 1. The van der Waals surface area contributed by atoms with Crippen molar-refractivity contribution in [2.24, 2.45) is 5.73 Å². The molecule has 0 saturated carbocycles. The van der Waals surface area contributed by atoms with Crippen LogP contribution in [0.3, 0.4) is 0 Å². The lowest BCUT2D eigenvalue weighted by atomic mass is 9.89. The van der Waals surface area contributed by atoms with Crippen molar-refractivity contribution < 1.29 is 43.2 Å². The van der Waals surface area contributed by atoms with Crippen LogP contribution in [0.2, 0.25) is 0 Å². The molecule has 4 rings (SSSR count). The molecule has 1 aromatic heterocycles. The quantitative estimate of drug-likeness (QED) is 0.299. The van der Waals surface area contributed by atoms with Gasteiger partial charge in [0.2, 0.25) is 6.29 Å². The summed E-state index contributed by atoms with van der Waals surface area (Å²) in [7, 11) is 1.38. The van der Waals surface area contributed by atoms with Crippen LogP contribution >= 0.6 is 0 Å². The molecule has 0 aliphatic carbocycles. The fourth-order valence-corrected chi connectivity index (χ4v) is 4.76. The van der Waals surface area contributed by atoms with E-state index >= 15 is 0 Å². The molecule has 208 valence electrons. The topological polar surface area (TPSA) is 168 Å². The number of ether oxygens (including phenoxy) is 4. The summed E-state index contributed by atoms with van der Waals surface area (Å²) in [5.41, 5.74) is 4.85. The lowest BCUT2D eigenvalue weighted by molar-refractivity contribution is -0.304. The molecule has 0 bridgehead atoms. The fourth-order valence-electron chi connectivity index (χ4n) is 4.76. The molecule has 0 spiro atoms. The van der Waals surface area contributed by atoms with Crippen molar-refractivity contribution in [2.75, 3.05) is 7.11 Å². The van der Waals surface area contributed by atoms with Gasteiger partial charge < -0.3 is 39.3 Å². The van der Waals surface area contributed by atoms with Crippen LogP contribution in [0.1, 0.15) is 40.9 Å². The lowest BCUT2D eigenvalue weighted by Gasteiger charge is -2.47. The Kier molecular flexibility index (Phi) is 7.69. The van der Waals surface area contributed by atoms with Gasteiger partial charge in [-0.3, -0.25) is 4.79 Å². The van der Waals surface area contributed by atoms with E-state index in [1.165, 1.54) is 19.2 Å². The Morgan fingerprint density at radius 1 is 1.10 bits per heavy atom. The van der Waals surface area contributed by atoms with Crippen LogP contribution in [0, 0.1) is 13.8 Å². The van der Waals surface area contributed by atoms with Crippen molar-refractivity contribution in [1.29, 1.82) is 0 Å². The van der Waals surface area contributed by atoms with E-state index in [0.29, 0.717) is 11.1 Å². The summed E-state index contributed by atoms with van der Waals surface area (Å²) < 4.78 is 27.9. The van der Waals surface area contributed by atoms with Crippen LogP contribution in [0.25, 0.3) is 11.0 Å². The molecular formula is C28H31NO10. The summed E-state index contributed by atoms with van der Waals surface area (Å²) in [5, 5.41) is 22.0. The van der Waals surface area contributed by atoms with Crippen LogP contribution in [-0.4, -0.2) is 59.4 Å². The molecule has 39 heavy (non-hydrogen) atoms. The van der Waals surface area contributed by atoms with Gasteiger partial charge in [0.05, 0.1) is 16.6 Å². The van der Waals surface area contributed by atoms with Crippen molar-refractivity contribution in [2.45, 2.75) is 64.3 Å². The average molecular weight is 542 g/mol. The Morgan fingerprint density at radius 3 is 2.38 bits per heavy atom. The first kappa shape index (κ1) is 28.1. The molecule has 4 N–H and O–H groups in total. The number of methoxy groups -OCH3 is 1. The van der Waals surface area contributed by atoms with E-state index in [0.717, 1.165) is 5.56 Å². The number of amides is 1. The van der Waals surface area contributed by atoms with Crippen LogP contribution < -0.4 is 16.1 Å². The van der Waals surface area contributed by atoms with E-state index in [-0.39, 0.29) is 40.2 Å². The molecule has 11 heteroatoms. The maximum absolute atomic E-state index is 12.8. The predicted molar refractivity (Wildman–Crippen MR) is 139 cm³/mol. The summed E-state index contributed by atoms with van der Waals surface area (Å²) in [6.07, 6.45) is -6.30. The minimum atomic E-state index is -1.49.